The molecule has 0 bridgehead atoms. The van der Waals surface area contributed by atoms with E-state index in [0.29, 0.717) is 25.2 Å². The van der Waals surface area contributed by atoms with Crippen LogP contribution in [-0.4, -0.2) is 34.5 Å². The van der Waals surface area contributed by atoms with E-state index in [1.807, 2.05) is 13.0 Å². The fourth-order valence-electron chi connectivity index (χ4n) is 5.64. The highest BCUT2D eigenvalue weighted by molar-refractivity contribution is 5.66. The van der Waals surface area contributed by atoms with Crippen molar-refractivity contribution in [2.24, 2.45) is 17.8 Å². The molecule has 5 unspecified atom stereocenters. The van der Waals surface area contributed by atoms with Crippen molar-refractivity contribution in [2.75, 3.05) is 6.61 Å². The smallest absolute Gasteiger partial charge is 0.121 e. The molecule has 5 heteroatoms. The Morgan fingerprint density at radius 1 is 1.07 bits per heavy atom. The number of hydrogen-bond donors (Lipinski definition) is 2. The first-order valence-corrected chi connectivity index (χ1v) is 16.7. The van der Waals surface area contributed by atoms with Crippen LogP contribution in [-0.2, 0) is 9.53 Å². The van der Waals surface area contributed by atoms with Crippen LogP contribution in [0.4, 0.5) is 0 Å². The van der Waals surface area contributed by atoms with Crippen LogP contribution in [0.5, 0.6) is 0 Å². The second-order valence-corrected chi connectivity index (χ2v) is 13.3. The Morgan fingerprint density at radius 2 is 1.73 bits per heavy atom. The molecule has 2 N–H and O–H groups in total. The van der Waals surface area contributed by atoms with Gasteiger partial charge in [-0.1, -0.05) is 71.4 Å². The first-order chi connectivity index (χ1) is 19.4. The third-order valence-electron chi connectivity index (χ3n) is 9.06. The number of allylic oxidation sites excluding steroid dienone is 3. The van der Waals surface area contributed by atoms with Crippen molar-refractivity contribution < 1.29 is 24.9 Å². The van der Waals surface area contributed by atoms with E-state index in [1.165, 1.54) is 48.8 Å². The van der Waals surface area contributed by atoms with Gasteiger partial charge in [0.05, 0.1) is 18.3 Å². The molecule has 0 aromatic carbocycles. The lowest BCUT2D eigenvalue weighted by atomic mass is 9.84. The lowest BCUT2D eigenvalue weighted by Crippen LogP contribution is -2.30. The zero-order valence-corrected chi connectivity index (χ0v) is 27.6. The Hall–Kier alpha value is -1.59. The van der Waals surface area contributed by atoms with Gasteiger partial charge < -0.3 is 24.9 Å². The third-order valence-corrected chi connectivity index (χ3v) is 9.06. The number of ether oxygens (including phenoxy) is 1. The van der Waals surface area contributed by atoms with Crippen LogP contribution in [0.3, 0.4) is 0 Å². The van der Waals surface area contributed by atoms with Gasteiger partial charge in [0.15, 0.2) is 0 Å². The van der Waals surface area contributed by atoms with Crippen molar-refractivity contribution in [1.82, 2.24) is 0 Å². The molecule has 0 aromatic rings. The molecule has 0 aliphatic heterocycles. The normalized spacial score (nSPS) is 20.9. The van der Waals surface area contributed by atoms with Crippen molar-refractivity contribution in [2.45, 2.75) is 163 Å². The van der Waals surface area contributed by atoms with Gasteiger partial charge in [-0.15, -0.1) is 0 Å². The molecule has 0 spiro atoms. The fraction of sp³-hybridized carbons (Fsp3) is 0.806. The summed E-state index contributed by atoms with van der Waals surface area (Å²) in [5, 5.41) is 32.1. The number of rotatable bonds is 23. The van der Waals surface area contributed by atoms with Gasteiger partial charge in [-0.05, 0) is 120 Å². The molecule has 1 aliphatic carbocycles. The highest BCUT2D eigenvalue weighted by Gasteiger charge is 2.26. The number of carbonyl (C=O) groups is 1. The minimum absolute atomic E-state index is 0.103. The zero-order valence-electron chi connectivity index (χ0n) is 27.6. The van der Waals surface area contributed by atoms with Gasteiger partial charge in [-0.25, -0.2) is 0 Å². The van der Waals surface area contributed by atoms with E-state index in [2.05, 4.69) is 40.7 Å². The summed E-state index contributed by atoms with van der Waals surface area (Å²) in [6.07, 6.45) is 20.2. The van der Waals surface area contributed by atoms with Crippen LogP contribution in [0.25, 0.3) is 0 Å². The number of carboxylic acid groups (broad SMARTS) is 1. The Balaban J connectivity index is 2.40. The molecule has 41 heavy (non-hydrogen) atoms. The van der Waals surface area contributed by atoms with Crippen LogP contribution < -0.4 is 5.11 Å². The quantitative estimate of drug-likeness (QED) is 0.0947. The number of aliphatic carboxylic acids is 1. The highest BCUT2D eigenvalue weighted by atomic mass is 16.5. The molecule has 0 saturated carbocycles. The van der Waals surface area contributed by atoms with Gasteiger partial charge in [0, 0.05) is 11.9 Å². The molecule has 0 fully saturated rings. The van der Waals surface area contributed by atoms with Gasteiger partial charge in [0.25, 0.3) is 0 Å². The number of aliphatic hydroxyl groups is 2. The van der Waals surface area contributed by atoms with Crippen LogP contribution in [0.1, 0.15) is 151 Å². The van der Waals surface area contributed by atoms with E-state index in [-0.39, 0.29) is 5.92 Å². The van der Waals surface area contributed by atoms with Gasteiger partial charge >= 0.3 is 0 Å². The SMILES string of the molecule is CCCCCCCCOC1=C(C)C(C)C(O)C=C1CCC(C)CC/C=C(\C)CCCC(C)(O)CCCC(C)C(=O)[O-]. The number of unbranched alkanes of at least 4 members (excludes halogenated alkanes) is 5. The van der Waals surface area contributed by atoms with E-state index in [9.17, 15) is 20.1 Å². The van der Waals surface area contributed by atoms with Crippen LogP contribution in [0, 0.1) is 17.8 Å². The Morgan fingerprint density at radius 3 is 2.41 bits per heavy atom. The second-order valence-electron chi connectivity index (χ2n) is 13.3. The van der Waals surface area contributed by atoms with Gasteiger partial charge in [-0.3, -0.25) is 0 Å². The monoisotopic (exact) mass is 575 g/mol. The van der Waals surface area contributed by atoms with Crippen molar-refractivity contribution in [3.05, 3.63) is 34.6 Å². The maximum absolute atomic E-state index is 10.9. The minimum atomic E-state index is -1.01. The molecule has 1 aliphatic rings. The largest absolute Gasteiger partial charge is 0.550 e. The number of carboxylic acids is 1. The van der Waals surface area contributed by atoms with Crippen molar-refractivity contribution in [1.29, 1.82) is 0 Å². The lowest BCUT2D eigenvalue weighted by Gasteiger charge is -2.29. The van der Waals surface area contributed by atoms with Gasteiger partial charge in [0.2, 0.25) is 0 Å². The molecular formula is C36H63O5-. The minimum Gasteiger partial charge on any atom is -0.550 e. The molecule has 5 nitrogen and oxygen atoms in total. The van der Waals surface area contributed by atoms with Crippen molar-refractivity contribution in [3.8, 4) is 0 Å². The summed E-state index contributed by atoms with van der Waals surface area (Å²) in [5.41, 5.74) is 2.98. The summed E-state index contributed by atoms with van der Waals surface area (Å²) in [6.45, 7) is 15.2. The predicted molar refractivity (Wildman–Crippen MR) is 169 cm³/mol. The van der Waals surface area contributed by atoms with Crippen LogP contribution in [0.15, 0.2) is 34.6 Å². The second kappa shape index (κ2) is 20.3. The topological polar surface area (TPSA) is 89.8 Å². The van der Waals surface area contributed by atoms with E-state index in [1.54, 1.807) is 6.92 Å². The molecule has 0 saturated heterocycles. The molecule has 1 rings (SSSR count). The molecule has 0 heterocycles. The van der Waals surface area contributed by atoms with E-state index in [4.69, 9.17) is 4.74 Å². The number of carbonyl (C=O) groups excluding carboxylic acids is 1. The third kappa shape index (κ3) is 16.0. The summed E-state index contributed by atoms with van der Waals surface area (Å²) in [4.78, 5) is 10.9. The zero-order chi connectivity index (χ0) is 30.8. The first kappa shape index (κ1) is 37.4. The molecular weight excluding hydrogens is 512 g/mol. The molecule has 0 amide bonds. The molecule has 0 radical (unpaired) electrons. The van der Waals surface area contributed by atoms with Gasteiger partial charge in [0.1, 0.15) is 5.76 Å². The standard InChI is InChI=1S/C36H64O5/c1-8-9-10-11-12-13-25-41-34-31(6)30(5)33(37)26-32(34)22-21-28(3)18-14-17-27(2)19-15-23-36(7,40)24-16-20-29(4)35(38)39/h17,26,28-30,33,37,40H,8-16,18-25H2,1-7H3,(H,38,39)/p-1/b27-17+. The Kier molecular flexibility index (Phi) is 18.6. The maximum atomic E-state index is 10.9. The Bertz CT molecular complexity index is 837. The van der Waals surface area contributed by atoms with Crippen molar-refractivity contribution in [3.63, 3.8) is 0 Å². The summed E-state index contributed by atoms with van der Waals surface area (Å²) < 4.78 is 6.33. The Labute approximate surface area is 252 Å². The fourth-order valence-corrected chi connectivity index (χ4v) is 5.64. The predicted octanol–water partition coefficient (Wildman–Crippen LogP) is 8.19. The molecule has 0 aromatic heterocycles. The molecule has 5 atom stereocenters. The van der Waals surface area contributed by atoms with Gasteiger partial charge in [-0.2, -0.15) is 0 Å². The number of aliphatic hydroxyl groups excluding tert-OH is 1. The lowest BCUT2D eigenvalue weighted by molar-refractivity contribution is -0.311. The number of hydrogen-bond acceptors (Lipinski definition) is 5. The summed E-state index contributed by atoms with van der Waals surface area (Å²) in [7, 11) is 0. The average molecular weight is 576 g/mol. The van der Waals surface area contributed by atoms with Crippen LogP contribution >= 0.6 is 0 Å². The average Bonchev–Trinajstić information content (AvgIpc) is 2.90. The van der Waals surface area contributed by atoms with E-state index in [0.717, 1.165) is 63.7 Å². The first-order valence-electron chi connectivity index (χ1n) is 16.7. The van der Waals surface area contributed by atoms with Crippen LogP contribution in [0.2, 0.25) is 0 Å². The summed E-state index contributed by atoms with van der Waals surface area (Å²) >= 11 is 0. The molecule has 238 valence electrons. The van der Waals surface area contributed by atoms with E-state index < -0.39 is 23.6 Å². The summed E-state index contributed by atoms with van der Waals surface area (Å²) in [5.74, 6) is 0.248. The van der Waals surface area contributed by atoms with E-state index >= 15 is 0 Å². The summed E-state index contributed by atoms with van der Waals surface area (Å²) in [6, 6.07) is 0. The highest BCUT2D eigenvalue weighted by Crippen LogP contribution is 2.34. The van der Waals surface area contributed by atoms with Crippen molar-refractivity contribution >= 4 is 5.97 Å². The maximum Gasteiger partial charge on any atom is 0.121 e.